The summed E-state index contributed by atoms with van der Waals surface area (Å²) >= 11 is 6.06. The molecule has 0 saturated heterocycles. The highest BCUT2D eigenvalue weighted by molar-refractivity contribution is 6.34. The van der Waals surface area contributed by atoms with E-state index in [1.807, 2.05) is 24.3 Å². The number of methoxy groups -OCH3 is 1. The molecule has 0 atom stereocenters. The average Bonchev–Trinajstić information content (AvgIpc) is 2.52. The first-order valence-electron chi connectivity index (χ1n) is 6.18. The Hall–Kier alpha value is -2.40. The van der Waals surface area contributed by atoms with Crippen LogP contribution in [-0.2, 0) is 6.61 Å². The summed E-state index contributed by atoms with van der Waals surface area (Å²) in [6.07, 6.45) is 0. The Bertz CT molecular complexity index is 642. The van der Waals surface area contributed by atoms with Gasteiger partial charge in [-0.1, -0.05) is 35.0 Å². The largest absolute Gasteiger partial charge is 0.497 e. The van der Waals surface area contributed by atoms with Gasteiger partial charge in [0.05, 0.1) is 17.7 Å². The van der Waals surface area contributed by atoms with Crippen LogP contribution >= 0.6 is 11.6 Å². The maximum atomic E-state index is 8.81. The number of rotatable bonds is 5. The normalized spacial score (nSPS) is 11.2. The molecule has 5 nitrogen and oxygen atoms in total. The number of ether oxygens (including phenoxy) is 2. The highest BCUT2D eigenvalue weighted by Gasteiger charge is 2.13. The van der Waals surface area contributed by atoms with Gasteiger partial charge >= 0.3 is 0 Å². The fraction of sp³-hybridized carbons (Fsp3) is 0.133. The summed E-state index contributed by atoms with van der Waals surface area (Å²) in [6, 6.07) is 12.6. The molecule has 0 aliphatic heterocycles. The van der Waals surface area contributed by atoms with E-state index in [0.29, 0.717) is 22.9 Å². The quantitative estimate of drug-likeness (QED) is 0.385. The number of oxime groups is 1. The molecule has 2 aromatic rings. The van der Waals surface area contributed by atoms with Crippen molar-refractivity contribution in [2.75, 3.05) is 7.11 Å². The minimum Gasteiger partial charge on any atom is -0.497 e. The van der Waals surface area contributed by atoms with Crippen molar-refractivity contribution in [3.8, 4) is 11.5 Å². The molecule has 0 aliphatic rings. The van der Waals surface area contributed by atoms with Crippen LogP contribution in [0.3, 0.4) is 0 Å². The standard InChI is InChI=1S/C15H15ClN2O3/c1-20-11-7-5-10(6-8-11)9-21-13-4-2-3-12(16)14(13)15(17)18-19/h2-8,19H,9H2,1H3,(H2,17,18). The van der Waals surface area contributed by atoms with Crippen molar-refractivity contribution in [3.63, 3.8) is 0 Å². The van der Waals surface area contributed by atoms with Crippen LogP contribution in [0.5, 0.6) is 11.5 Å². The topological polar surface area (TPSA) is 77.1 Å². The molecule has 21 heavy (non-hydrogen) atoms. The minimum absolute atomic E-state index is 0.0923. The summed E-state index contributed by atoms with van der Waals surface area (Å²) in [6.45, 7) is 0.329. The molecule has 2 rings (SSSR count). The second-order valence-electron chi connectivity index (χ2n) is 4.23. The number of nitrogens with zero attached hydrogens (tertiary/aromatic N) is 1. The molecule has 2 aromatic carbocycles. The molecule has 0 unspecified atom stereocenters. The van der Waals surface area contributed by atoms with Crippen molar-refractivity contribution in [1.82, 2.24) is 0 Å². The molecule has 0 saturated carbocycles. The Morgan fingerprint density at radius 2 is 1.95 bits per heavy atom. The Morgan fingerprint density at radius 3 is 2.57 bits per heavy atom. The van der Waals surface area contributed by atoms with Crippen molar-refractivity contribution >= 4 is 17.4 Å². The van der Waals surface area contributed by atoms with Gasteiger partial charge in [-0.25, -0.2) is 0 Å². The van der Waals surface area contributed by atoms with Crippen molar-refractivity contribution in [1.29, 1.82) is 0 Å². The minimum atomic E-state index is -0.0923. The summed E-state index contributed by atoms with van der Waals surface area (Å²) in [5.74, 6) is 1.14. The molecule has 0 fully saturated rings. The van der Waals surface area contributed by atoms with Crippen molar-refractivity contribution < 1.29 is 14.7 Å². The van der Waals surface area contributed by atoms with Gasteiger partial charge in [0, 0.05) is 0 Å². The molecule has 0 aliphatic carbocycles. The molecular formula is C15H15ClN2O3. The number of nitrogens with two attached hydrogens (primary N) is 1. The molecule has 0 aromatic heterocycles. The van der Waals surface area contributed by atoms with E-state index in [2.05, 4.69) is 5.16 Å². The lowest BCUT2D eigenvalue weighted by Gasteiger charge is -2.12. The van der Waals surface area contributed by atoms with Gasteiger partial charge in [0.25, 0.3) is 0 Å². The molecule has 0 heterocycles. The second kappa shape index (κ2) is 6.85. The lowest BCUT2D eigenvalue weighted by molar-refractivity contribution is 0.303. The maximum absolute atomic E-state index is 8.81. The molecule has 0 radical (unpaired) electrons. The third kappa shape index (κ3) is 3.58. The monoisotopic (exact) mass is 306 g/mol. The van der Waals surface area contributed by atoms with E-state index >= 15 is 0 Å². The number of halogens is 1. The number of benzene rings is 2. The molecular weight excluding hydrogens is 292 g/mol. The summed E-state index contributed by atoms with van der Waals surface area (Å²) in [4.78, 5) is 0. The van der Waals surface area contributed by atoms with Crippen LogP contribution < -0.4 is 15.2 Å². The smallest absolute Gasteiger partial charge is 0.175 e. The van der Waals surface area contributed by atoms with Gasteiger partial charge in [-0.3, -0.25) is 0 Å². The van der Waals surface area contributed by atoms with Gasteiger partial charge in [-0.15, -0.1) is 0 Å². The second-order valence-corrected chi connectivity index (χ2v) is 4.64. The Balaban J connectivity index is 2.18. The summed E-state index contributed by atoms with van der Waals surface area (Å²) in [5.41, 5.74) is 6.95. The molecule has 110 valence electrons. The van der Waals surface area contributed by atoms with Gasteiger partial charge in [0.1, 0.15) is 18.1 Å². The predicted molar refractivity (Wildman–Crippen MR) is 81.3 cm³/mol. The van der Waals surface area contributed by atoms with Crippen LogP contribution in [0, 0.1) is 0 Å². The van der Waals surface area contributed by atoms with Crippen LogP contribution in [-0.4, -0.2) is 18.2 Å². The van der Waals surface area contributed by atoms with Crippen molar-refractivity contribution in [2.45, 2.75) is 6.61 Å². The van der Waals surface area contributed by atoms with E-state index in [1.54, 1.807) is 25.3 Å². The Kier molecular flexibility index (Phi) is 4.90. The van der Waals surface area contributed by atoms with E-state index in [4.69, 9.17) is 32.0 Å². The van der Waals surface area contributed by atoms with E-state index < -0.39 is 0 Å². The highest BCUT2D eigenvalue weighted by atomic mass is 35.5. The van der Waals surface area contributed by atoms with E-state index in [9.17, 15) is 0 Å². The first-order valence-corrected chi connectivity index (χ1v) is 6.55. The summed E-state index contributed by atoms with van der Waals surface area (Å²) < 4.78 is 10.8. The number of hydrogen-bond acceptors (Lipinski definition) is 4. The summed E-state index contributed by atoms with van der Waals surface area (Å²) in [5, 5.41) is 12.1. The lowest BCUT2D eigenvalue weighted by atomic mass is 10.2. The van der Waals surface area contributed by atoms with Gasteiger partial charge in [-0.2, -0.15) is 0 Å². The fourth-order valence-corrected chi connectivity index (χ4v) is 2.07. The number of hydrogen-bond donors (Lipinski definition) is 2. The van der Waals surface area contributed by atoms with E-state index in [-0.39, 0.29) is 5.84 Å². The third-order valence-electron chi connectivity index (χ3n) is 2.89. The average molecular weight is 307 g/mol. The molecule has 0 bridgehead atoms. The highest BCUT2D eigenvalue weighted by Crippen LogP contribution is 2.27. The van der Waals surface area contributed by atoms with E-state index in [0.717, 1.165) is 11.3 Å². The van der Waals surface area contributed by atoms with Gasteiger partial charge in [-0.05, 0) is 29.8 Å². The summed E-state index contributed by atoms with van der Waals surface area (Å²) in [7, 11) is 1.61. The fourth-order valence-electron chi connectivity index (χ4n) is 1.81. The zero-order valence-corrected chi connectivity index (χ0v) is 12.2. The van der Waals surface area contributed by atoms with Crippen LogP contribution in [0.15, 0.2) is 47.6 Å². The third-order valence-corrected chi connectivity index (χ3v) is 3.21. The zero-order chi connectivity index (χ0) is 15.2. The predicted octanol–water partition coefficient (Wildman–Crippen LogP) is 3.02. The maximum Gasteiger partial charge on any atom is 0.175 e. The van der Waals surface area contributed by atoms with Crippen molar-refractivity contribution in [2.24, 2.45) is 10.9 Å². The van der Waals surface area contributed by atoms with Crippen LogP contribution in [0.2, 0.25) is 5.02 Å². The first kappa shape index (κ1) is 15.0. The SMILES string of the molecule is COc1ccc(COc2cccc(Cl)c2C(N)=NO)cc1. The van der Waals surface area contributed by atoms with Crippen LogP contribution in [0.4, 0.5) is 0 Å². The van der Waals surface area contributed by atoms with Crippen LogP contribution in [0.25, 0.3) is 0 Å². The van der Waals surface area contributed by atoms with Gasteiger partial charge in [0.15, 0.2) is 5.84 Å². The first-order chi connectivity index (χ1) is 10.2. The lowest BCUT2D eigenvalue weighted by Crippen LogP contribution is -2.15. The van der Waals surface area contributed by atoms with Gasteiger partial charge < -0.3 is 20.4 Å². The molecule has 0 spiro atoms. The zero-order valence-electron chi connectivity index (χ0n) is 11.4. The van der Waals surface area contributed by atoms with E-state index in [1.165, 1.54) is 0 Å². The van der Waals surface area contributed by atoms with Gasteiger partial charge in [0.2, 0.25) is 0 Å². The Labute approximate surface area is 127 Å². The molecule has 3 N–H and O–H groups in total. The van der Waals surface area contributed by atoms with Crippen molar-refractivity contribution in [3.05, 3.63) is 58.6 Å². The molecule has 6 heteroatoms. The van der Waals surface area contributed by atoms with Crippen LogP contribution in [0.1, 0.15) is 11.1 Å². The molecule has 0 amide bonds. The number of amidine groups is 1. The Morgan fingerprint density at radius 1 is 1.24 bits per heavy atom.